The van der Waals surface area contributed by atoms with Gasteiger partial charge in [-0.25, -0.2) is 9.78 Å². The Morgan fingerprint density at radius 2 is 2.12 bits per heavy atom. The smallest absolute Gasteiger partial charge is 0.359 e. The van der Waals surface area contributed by atoms with E-state index in [0.29, 0.717) is 35.8 Å². The molecule has 0 fully saturated rings. The fraction of sp³-hybridized carbons (Fsp3) is 0.421. The predicted octanol–water partition coefficient (Wildman–Crippen LogP) is 2.81. The van der Waals surface area contributed by atoms with Crippen molar-refractivity contribution in [3.63, 3.8) is 0 Å². The Morgan fingerprint density at radius 1 is 1.35 bits per heavy atom. The molecule has 0 N–H and O–H groups in total. The standard InChI is InChI=1S/C19H23N3O4/c1-5-8-21-10-16-17(19(24)26-12(2)3)20-11-22(16)15-7-6-13(25-4)9-14(15)18(21)23/h6-7,9,11-12H,5,8,10H2,1-4H3. The van der Waals surface area contributed by atoms with E-state index in [0.717, 1.165) is 6.42 Å². The Hall–Kier alpha value is -2.83. The molecule has 26 heavy (non-hydrogen) atoms. The summed E-state index contributed by atoms with van der Waals surface area (Å²) in [4.78, 5) is 31.5. The summed E-state index contributed by atoms with van der Waals surface area (Å²) in [6, 6.07) is 5.32. The average Bonchev–Trinajstić information content (AvgIpc) is 2.98. The van der Waals surface area contributed by atoms with Crippen molar-refractivity contribution in [1.82, 2.24) is 14.5 Å². The molecule has 0 radical (unpaired) electrons. The van der Waals surface area contributed by atoms with Crippen LogP contribution in [-0.2, 0) is 11.3 Å². The second kappa shape index (κ2) is 7.19. The molecule has 2 heterocycles. The summed E-state index contributed by atoms with van der Waals surface area (Å²) >= 11 is 0. The van der Waals surface area contributed by atoms with Crippen LogP contribution in [0.3, 0.4) is 0 Å². The SMILES string of the molecule is CCCN1Cc2c(C(=O)OC(C)C)ncn2-c2ccc(OC)cc2C1=O. The molecule has 7 nitrogen and oxygen atoms in total. The number of amides is 1. The summed E-state index contributed by atoms with van der Waals surface area (Å²) in [7, 11) is 1.56. The highest BCUT2D eigenvalue weighted by molar-refractivity contribution is 5.99. The molecular weight excluding hydrogens is 334 g/mol. The molecule has 1 amide bonds. The number of imidazole rings is 1. The van der Waals surface area contributed by atoms with E-state index in [1.165, 1.54) is 0 Å². The Labute approximate surface area is 152 Å². The minimum absolute atomic E-state index is 0.0902. The van der Waals surface area contributed by atoms with Gasteiger partial charge in [0.15, 0.2) is 5.69 Å². The van der Waals surface area contributed by atoms with Crippen LogP contribution in [0.1, 0.15) is 53.7 Å². The number of hydrogen-bond donors (Lipinski definition) is 0. The number of carbonyl (C=O) groups excluding carboxylic acids is 2. The summed E-state index contributed by atoms with van der Waals surface area (Å²) < 4.78 is 12.4. The first kappa shape index (κ1) is 18.0. The maximum absolute atomic E-state index is 13.0. The number of ether oxygens (including phenoxy) is 2. The van der Waals surface area contributed by atoms with Crippen molar-refractivity contribution < 1.29 is 19.1 Å². The van der Waals surface area contributed by atoms with Crippen LogP contribution in [0.15, 0.2) is 24.5 Å². The van der Waals surface area contributed by atoms with Gasteiger partial charge in [-0.1, -0.05) is 6.92 Å². The number of nitrogens with zero attached hydrogens (tertiary/aromatic N) is 3. The minimum atomic E-state index is -0.477. The molecule has 1 aliphatic rings. The predicted molar refractivity (Wildman–Crippen MR) is 95.7 cm³/mol. The van der Waals surface area contributed by atoms with Crippen LogP contribution in [-0.4, -0.2) is 46.1 Å². The summed E-state index contributed by atoms with van der Waals surface area (Å²) in [5.41, 5.74) is 2.11. The second-order valence-corrected chi connectivity index (χ2v) is 6.47. The maximum atomic E-state index is 13.0. The van der Waals surface area contributed by atoms with Gasteiger partial charge in [-0.15, -0.1) is 0 Å². The number of carbonyl (C=O) groups is 2. The zero-order valence-electron chi connectivity index (χ0n) is 15.5. The van der Waals surface area contributed by atoms with E-state index >= 15 is 0 Å². The van der Waals surface area contributed by atoms with Gasteiger partial charge < -0.3 is 14.4 Å². The summed E-state index contributed by atoms with van der Waals surface area (Å²) in [5.74, 6) is 0.0405. The first-order valence-corrected chi connectivity index (χ1v) is 8.71. The zero-order valence-corrected chi connectivity index (χ0v) is 15.5. The number of methoxy groups -OCH3 is 1. The van der Waals surface area contributed by atoms with Crippen LogP contribution in [0.4, 0.5) is 0 Å². The van der Waals surface area contributed by atoms with Crippen molar-refractivity contribution in [3.05, 3.63) is 41.5 Å². The van der Waals surface area contributed by atoms with Gasteiger partial charge in [0.1, 0.15) is 12.1 Å². The molecule has 0 bridgehead atoms. The largest absolute Gasteiger partial charge is 0.497 e. The zero-order chi connectivity index (χ0) is 18.8. The molecule has 0 atom stereocenters. The Morgan fingerprint density at radius 3 is 2.77 bits per heavy atom. The highest BCUT2D eigenvalue weighted by Crippen LogP contribution is 2.29. The van der Waals surface area contributed by atoms with E-state index < -0.39 is 5.97 Å². The van der Waals surface area contributed by atoms with Crippen molar-refractivity contribution in [2.75, 3.05) is 13.7 Å². The molecule has 0 unspecified atom stereocenters. The molecule has 3 rings (SSSR count). The van der Waals surface area contributed by atoms with Gasteiger partial charge in [0.2, 0.25) is 0 Å². The molecule has 0 saturated carbocycles. The van der Waals surface area contributed by atoms with Gasteiger partial charge in [0, 0.05) is 6.54 Å². The molecule has 1 aliphatic heterocycles. The van der Waals surface area contributed by atoms with Gasteiger partial charge in [-0.05, 0) is 38.5 Å². The molecule has 0 saturated heterocycles. The van der Waals surface area contributed by atoms with Crippen LogP contribution in [0.5, 0.6) is 5.75 Å². The lowest BCUT2D eigenvalue weighted by atomic mass is 10.1. The Bertz CT molecular complexity index is 841. The third-order valence-electron chi connectivity index (χ3n) is 4.22. The number of esters is 1. The summed E-state index contributed by atoms with van der Waals surface area (Å²) in [6.45, 7) is 6.48. The maximum Gasteiger partial charge on any atom is 0.359 e. The lowest BCUT2D eigenvalue weighted by Gasteiger charge is -2.20. The molecular formula is C19H23N3O4. The normalized spacial score (nSPS) is 13.3. The average molecular weight is 357 g/mol. The fourth-order valence-corrected chi connectivity index (χ4v) is 3.07. The topological polar surface area (TPSA) is 73.7 Å². The summed E-state index contributed by atoms with van der Waals surface area (Å²) in [5, 5.41) is 0. The molecule has 7 heteroatoms. The second-order valence-electron chi connectivity index (χ2n) is 6.47. The number of rotatable bonds is 5. The van der Waals surface area contributed by atoms with E-state index in [-0.39, 0.29) is 17.7 Å². The third-order valence-corrected chi connectivity index (χ3v) is 4.22. The van der Waals surface area contributed by atoms with Crippen molar-refractivity contribution in [2.45, 2.75) is 39.8 Å². The van der Waals surface area contributed by atoms with Gasteiger partial charge in [0.25, 0.3) is 5.91 Å². The molecule has 1 aromatic heterocycles. The first-order chi connectivity index (χ1) is 12.5. The van der Waals surface area contributed by atoms with E-state index in [4.69, 9.17) is 9.47 Å². The Kier molecular flexibility index (Phi) is 4.97. The number of hydrogen-bond acceptors (Lipinski definition) is 5. The molecule has 138 valence electrons. The first-order valence-electron chi connectivity index (χ1n) is 8.71. The van der Waals surface area contributed by atoms with Crippen molar-refractivity contribution in [3.8, 4) is 11.4 Å². The van der Waals surface area contributed by atoms with Gasteiger partial charge in [-0.2, -0.15) is 0 Å². The quantitative estimate of drug-likeness (QED) is 0.770. The van der Waals surface area contributed by atoms with E-state index in [9.17, 15) is 9.59 Å². The van der Waals surface area contributed by atoms with Crippen LogP contribution >= 0.6 is 0 Å². The van der Waals surface area contributed by atoms with Crippen LogP contribution in [0.2, 0.25) is 0 Å². The third kappa shape index (κ3) is 3.16. The monoisotopic (exact) mass is 357 g/mol. The van der Waals surface area contributed by atoms with Crippen molar-refractivity contribution in [1.29, 1.82) is 0 Å². The number of aromatic nitrogens is 2. The lowest BCUT2D eigenvalue weighted by Crippen LogP contribution is -2.31. The van der Waals surface area contributed by atoms with Gasteiger partial charge >= 0.3 is 5.97 Å². The fourth-order valence-electron chi connectivity index (χ4n) is 3.07. The molecule has 2 aromatic rings. The van der Waals surface area contributed by atoms with Gasteiger partial charge in [0.05, 0.1) is 36.7 Å². The van der Waals surface area contributed by atoms with Crippen LogP contribution in [0.25, 0.3) is 5.69 Å². The van der Waals surface area contributed by atoms with Gasteiger partial charge in [-0.3, -0.25) is 9.36 Å². The van der Waals surface area contributed by atoms with Crippen molar-refractivity contribution in [2.24, 2.45) is 0 Å². The number of fused-ring (bicyclic) bond motifs is 3. The van der Waals surface area contributed by atoms with Crippen LogP contribution in [0, 0.1) is 0 Å². The van der Waals surface area contributed by atoms with E-state index in [1.54, 1.807) is 48.9 Å². The molecule has 0 aliphatic carbocycles. The highest BCUT2D eigenvalue weighted by Gasteiger charge is 2.30. The molecule has 0 spiro atoms. The molecule has 1 aromatic carbocycles. The lowest BCUT2D eigenvalue weighted by molar-refractivity contribution is 0.0367. The van der Waals surface area contributed by atoms with Crippen LogP contribution < -0.4 is 4.74 Å². The highest BCUT2D eigenvalue weighted by atomic mass is 16.5. The van der Waals surface area contributed by atoms with Crippen molar-refractivity contribution >= 4 is 11.9 Å². The Balaban J connectivity index is 2.15. The number of benzene rings is 1. The summed E-state index contributed by atoms with van der Waals surface area (Å²) in [6.07, 6.45) is 2.14. The van der Waals surface area contributed by atoms with E-state index in [1.807, 2.05) is 13.0 Å². The van der Waals surface area contributed by atoms with E-state index in [2.05, 4.69) is 4.98 Å². The minimum Gasteiger partial charge on any atom is -0.497 e.